The Bertz CT molecular complexity index is 403. The molecule has 1 aliphatic heterocycles. The van der Waals surface area contributed by atoms with E-state index in [-0.39, 0.29) is 12.6 Å². The molecule has 0 bridgehead atoms. The van der Waals surface area contributed by atoms with Crippen molar-refractivity contribution in [3.05, 3.63) is 0 Å². The van der Waals surface area contributed by atoms with E-state index in [1.807, 2.05) is 11.8 Å². The molecule has 0 aromatic carbocycles. The van der Waals surface area contributed by atoms with Crippen LogP contribution in [0.2, 0.25) is 0 Å². The molecule has 0 aromatic heterocycles. The van der Waals surface area contributed by atoms with Crippen molar-refractivity contribution in [1.82, 2.24) is 4.90 Å². The highest BCUT2D eigenvalue weighted by molar-refractivity contribution is 5.75. The molecular weight excluding hydrogens is 322 g/mol. The van der Waals surface area contributed by atoms with Gasteiger partial charge >= 0.3 is 5.97 Å². The van der Waals surface area contributed by atoms with Crippen LogP contribution in [0.1, 0.15) is 71.1 Å². The third-order valence-electron chi connectivity index (χ3n) is 5.27. The lowest BCUT2D eigenvalue weighted by molar-refractivity contribution is -0.149. The van der Waals surface area contributed by atoms with Crippen molar-refractivity contribution in [3.63, 3.8) is 0 Å². The van der Waals surface area contributed by atoms with Gasteiger partial charge in [0.15, 0.2) is 0 Å². The van der Waals surface area contributed by atoms with Crippen LogP contribution < -0.4 is 0 Å². The second-order valence-corrected chi connectivity index (χ2v) is 7.42. The van der Waals surface area contributed by atoms with E-state index < -0.39 is 17.7 Å². The summed E-state index contributed by atoms with van der Waals surface area (Å²) in [5, 5.41) is 19.7. The van der Waals surface area contributed by atoms with E-state index in [9.17, 15) is 19.8 Å². The van der Waals surface area contributed by atoms with Gasteiger partial charge in [0.25, 0.3) is 0 Å². The summed E-state index contributed by atoms with van der Waals surface area (Å²) in [7, 11) is 1.39. The Kier molecular flexibility index (Phi) is 10.2. The van der Waals surface area contributed by atoms with E-state index in [4.69, 9.17) is 4.74 Å². The number of carbonyl (C=O) groups excluding carboxylic acids is 2. The smallest absolute Gasteiger partial charge is 0.323 e. The molecule has 0 spiro atoms. The Morgan fingerprint density at radius 1 is 1.24 bits per heavy atom. The minimum absolute atomic E-state index is 0.0850. The number of nitrogens with zero attached hydrogens (tertiary/aromatic N) is 1. The van der Waals surface area contributed by atoms with Gasteiger partial charge in [0.05, 0.1) is 19.8 Å². The molecule has 3 atom stereocenters. The summed E-state index contributed by atoms with van der Waals surface area (Å²) in [5.41, 5.74) is -0.573. The highest BCUT2D eigenvalue weighted by Crippen LogP contribution is 2.32. The molecule has 1 fully saturated rings. The van der Waals surface area contributed by atoms with E-state index in [2.05, 4.69) is 0 Å². The zero-order valence-electron chi connectivity index (χ0n) is 15.8. The topological polar surface area (TPSA) is 87.1 Å². The van der Waals surface area contributed by atoms with Gasteiger partial charge in [0, 0.05) is 18.5 Å². The van der Waals surface area contributed by atoms with Crippen molar-refractivity contribution < 1.29 is 24.5 Å². The molecule has 1 rings (SSSR count). The number of aldehydes is 1. The number of carbonyl (C=O) groups is 2. The molecule has 0 aromatic rings. The summed E-state index contributed by atoms with van der Waals surface area (Å²) in [6, 6.07) is -0.410. The van der Waals surface area contributed by atoms with Gasteiger partial charge in [-0.25, -0.2) is 0 Å². The Balaban J connectivity index is 2.39. The quantitative estimate of drug-likeness (QED) is 0.298. The fourth-order valence-electron chi connectivity index (χ4n) is 3.78. The number of β-amino-alcohol motifs (C(OH)–C–C–N with tert-alkyl or cyclic N) is 1. The lowest BCUT2D eigenvalue weighted by atomic mass is 9.96. The first kappa shape index (κ1) is 22.1. The summed E-state index contributed by atoms with van der Waals surface area (Å²) in [6.07, 6.45) is 9.73. The second kappa shape index (κ2) is 11.6. The SMILES string of the molecule is COC(=O)C(CCCCCCCCCC=O)N1C[C@H](O)C[C@@]1(C)CO. The maximum atomic E-state index is 12.2. The van der Waals surface area contributed by atoms with Crippen molar-refractivity contribution >= 4 is 12.3 Å². The van der Waals surface area contributed by atoms with Crippen molar-refractivity contribution in [1.29, 1.82) is 0 Å². The molecule has 2 N–H and O–H groups in total. The molecule has 1 aliphatic rings. The number of esters is 1. The first-order valence-electron chi connectivity index (χ1n) is 9.55. The van der Waals surface area contributed by atoms with Gasteiger partial charge in [0.2, 0.25) is 0 Å². The molecule has 1 unspecified atom stereocenters. The average Bonchev–Trinajstić information content (AvgIpc) is 2.91. The Labute approximate surface area is 151 Å². The first-order chi connectivity index (χ1) is 12.0. The molecule has 0 saturated carbocycles. The third kappa shape index (κ3) is 7.04. The van der Waals surface area contributed by atoms with Gasteiger partial charge < -0.3 is 19.7 Å². The van der Waals surface area contributed by atoms with Gasteiger partial charge in [-0.2, -0.15) is 0 Å². The second-order valence-electron chi connectivity index (χ2n) is 7.42. The highest BCUT2D eigenvalue weighted by atomic mass is 16.5. The monoisotopic (exact) mass is 357 g/mol. The Hall–Kier alpha value is -0.980. The maximum Gasteiger partial charge on any atom is 0.323 e. The van der Waals surface area contributed by atoms with Crippen LogP contribution in [-0.4, -0.2) is 65.3 Å². The highest BCUT2D eigenvalue weighted by Gasteiger charge is 2.46. The zero-order valence-corrected chi connectivity index (χ0v) is 15.8. The lowest BCUT2D eigenvalue weighted by Crippen LogP contribution is -2.53. The van der Waals surface area contributed by atoms with Crippen molar-refractivity contribution in [2.75, 3.05) is 20.3 Å². The van der Waals surface area contributed by atoms with Gasteiger partial charge in [-0.15, -0.1) is 0 Å². The molecule has 0 amide bonds. The largest absolute Gasteiger partial charge is 0.468 e. The first-order valence-corrected chi connectivity index (χ1v) is 9.55. The number of hydrogen-bond donors (Lipinski definition) is 2. The van der Waals surface area contributed by atoms with Gasteiger partial charge in [-0.1, -0.05) is 38.5 Å². The van der Waals surface area contributed by atoms with E-state index in [1.54, 1.807) is 0 Å². The van der Waals surface area contributed by atoms with Crippen LogP contribution in [-0.2, 0) is 14.3 Å². The summed E-state index contributed by atoms with van der Waals surface area (Å²) in [4.78, 5) is 24.4. The van der Waals surface area contributed by atoms with E-state index in [0.717, 1.165) is 51.2 Å². The van der Waals surface area contributed by atoms with Gasteiger partial charge in [-0.05, 0) is 26.2 Å². The van der Waals surface area contributed by atoms with Crippen LogP contribution in [0.5, 0.6) is 0 Å². The number of ether oxygens (including phenoxy) is 1. The third-order valence-corrected chi connectivity index (χ3v) is 5.27. The van der Waals surface area contributed by atoms with Crippen molar-refractivity contribution in [3.8, 4) is 0 Å². The van der Waals surface area contributed by atoms with Crippen LogP contribution in [0.15, 0.2) is 0 Å². The predicted molar refractivity (Wildman–Crippen MR) is 96.2 cm³/mol. The minimum atomic E-state index is -0.573. The summed E-state index contributed by atoms with van der Waals surface area (Å²) in [6.45, 7) is 2.20. The normalized spacial score (nSPS) is 25.0. The Morgan fingerprint density at radius 3 is 2.40 bits per heavy atom. The molecule has 146 valence electrons. The average molecular weight is 357 g/mol. The summed E-state index contributed by atoms with van der Waals surface area (Å²) >= 11 is 0. The van der Waals surface area contributed by atoms with Crippen LogP contribution in [0.25, 0.3) is 0 Å². The molecule has 0 aliphatic carbocycles. The van der Waals surface area contributed by atoms with E-state index in [0.29, 0.717) is 25.8 Å². The van der Waals surface area contributed by atoms with Crippen molar-refractivity contribution in [2.24, 2.45) is 0 Å². The number of likely N-dealkylation sites (tertiary alicyclic amines) is 1. The summed E-state index contributed by atoms with van der Waals surface area (Å²) in [5.74, 6) is -0.289. The summed E-state index contributed by atoms with van der Waals surface area (Å²) < 4.78 is 4.96. The molecule has 1 heterocycles. The van der Waals surface area contributed by atoms with E-state index in [1.165, 1.54) is 7.11 Å². The van der Waals surface area contributed by atoms with E-state index >= 15 is 0 Å². The van der Waals surface area contributed by atoms with Crippen LogP contribution in [0.4, 0.5) is 0 Å². The number of aliphatic hydroxyl groups excluding tert-OH is 2. The van der Waals surface area contributed by atoms with Crippen LogP contribution in [0, 0.1) is 0 Å². The predicted octanol–water partition coefficient (Wildman–Crippen LogP) is 2.06. The number of rotatable bonds is 13. The van der Waals surface area contributed by atoms with Gasteiger partial charge in [0.1, 0.15) is 12.3 Å². The van der Waals surface area contributed by atoms with Gasteiger partial charge in [-0.3, -0.25) is 9.69 Å². The minimum Gasteiger partial charge on any atom is -0.468 e. The molecule has 6 heteroatoms. The number of methoxy groups -OCH3 is 1. The molecule has 1 saturated heterocycles. The number of hydrogen-bond acceptors (Lipinski definition) is 6. The molecule has 0 radical (unpaired) electrons. The van der Waals surface area contributed by atoms with Crippen molar-refractivity contribution in [2.45, 2.75) is 88.8 Å². The van der Waals surface area contributed by atoms with Crippen LogP contribution >= 0.6 is 0 Å². The maximum absolute atomic E-state index is 12.2. The lowest BCUT2D eigenvalue weighted by Gasteiger charge is -2.38. The fourth-order valence-corrected chi connectivity index (χ4v) is 3.78. The standard InChI is InChI=1S/C19H35NO5/c1-19(15-22)13-16(23)14-20(19)17(18(24)25-2)11-9-7-5-3-4-6-8-10-12-21/h12,16-17,22-23H,3-11,13-15H2,1-2H3/t16-,17?,19+/m1/s1. The molecule has 25 heavy (non-hydrogen) atoms. The zero-order chi connectivity index (χ0) is 18.7. The molecule has 6 nitrogen and oxygen atoms in total. The molecular formula is C19H35NO5. The Morgan fingerprint density at radius 2 is 1.84 bits per heavy atom. The number of aliphatic hydroxyl groups is 2. The van der Waals surface area contributed by atoms with Crippen LogP contribution in [0.3, 0.4) is 0 Å². The number of unbranched alkanes of at least 4 members (excludes halogenated alkanes) is 7. The fraction of sp³-hybridized carbons (Fsp3) is 0.895.